The molecule has 0 N–H and O–H groups in total. The summed E-state index contributed by atoms with van der Waals surface area (Å²) in [6.45, 7) is 10.7. The number of hydrogen-bond donors (Lipinski definition) is 0. The molecular weight excluding hydrogens is 438 g/mol. The van der Waals surface area contributed by atoms with Gasteiger partial charge in [0.2, 0.25) is 6.04 Å². The van der Waals surface area contributed by atoms with Gasteiger partial charge in [-0.25, -0.2) is 4.79 Å². The second kappa shape index (κ2) is 27.1. The van der Waals surface area contributed by atoms with E-state index in [4.69, 9.17) is 16.2 Å². The highest BCUT2D eigenvalue weighted by Gasteiger charge is 2.23. The van der Waals surface area contributed by atoms with Crippen LogP contribution in [-0.4, -0.2) is 37.9 Å². The summed E-state index contributed by atoms with van der Waals surface area (Å²) >= 11 is 0. The molecule has 0 fully saturated rings. The van der Waals surface area contributed by atoms with E-state index in [2.05, 4.69) is 18.8 Å². The van der Waals surface area contributed by atoms with E-state index in [1.165, 1.54) is 103 Å². The van der Waals surface area contributed by atoms with Crippen molar-refractivity contribution in [2.45, 2.75) is 161 Å². The lowest BCUT2D eigenvalue weighted by Crippen LogP contribution is -2.23. The summed E-state index contributed by atoms with van der Waals surface area (Å²) in [5.41, 5.74) is 0. The van der Waals surface area contributed by atoms with Gasteiger partial charge in [0.15, 0.2) is 0 Å². The van der Waals surface area contributed by atoms with Crippen LogP contribution in [0.25, 0.3) is 0 Å². The predicted octanol–water partition coefficient (Wildman–Crippen LogP) is 8.64. The van der Waals surface area contributed by atoms with Gasteiger partial charge in [-0.15, -0.1) is 0 Å². The highest BCUT2D eigenvalue weighted by atomic mass is 16.5. The van der Waals surface area contributed by atoms with E-state index in [-0.39, 0.29) is 18.8 Å². The molecule has 0 amide bonds. The summed E-state index contributed by atoms with van der Waals surface area (Å²) in [6.07, 6.45) is 25.2. The zero-order chi connectivity index (χ0) is 25.8. The Hall–Kier alpha value is -1.48. The molecule has 204 valence electrons. The summed E-state index contributed by atoms with van der Waals surface area (Å²) in [7, 11) is 0. The van der Waals surface area contributed by atoms with Crippen molar-refractivity contribution in [2.75, 3.05) is 13.2 Å². The predicted molar refractivity (Wildman–Crippen MR) is 147 cm³/mol. The lowest BCUT2D eigenvalue weighted by molar-refractivity contribution is -0.146. The Morgan fingerprint density at radius 1 is 0.600 bits per heavy atom. The topological polar surface area (TPSA) is 65.0 Å². The third-order valence-corrected chi connectivity index (χ3v) is 6.58. The summed E-state index contributed by atoms with van der Waals surface area (Å²) in [5.74, 6) is -0.733. The Kier molecular flexibility index (Phi) is 26.0. The molecule has 1 atom stereocenters. The molecule has 5 heteroatoms. The number of unbranched alkanes of at least 4 members (excludes halogenated alkanes) is 18. The zero-order valence-electron chi connectivity index (χ0n) is 23.2. The van der Waals surface area contributed by atoms with Crippen LogP contribution in [0.3, 0.4) is 0 Å². The average molecular weight is 495 g/mol. The fourth-order valence-corrected chi connectivity index (χ4v) is 4.21. The quantitative estimate of drug-likeness (QED) is 0.0496. The fraction of sp³-hybridized carbons (Fsp3) is 0.900. The number of esters is 2. The highest BCUT2D eigenvalue weighted by Crippen LogP contribution is 2.12. The molecule has 0 rings (SSSR count). The van der Waals surface area contributed by atoms with Gasteiger partial charge in [-0.1, -0.05) is 129 Å². The Morgan fingerprint density at radius 2 is 0.971 bits per heavy atom. The number of aliphatic imine (C=N–C) groups is 1. The lowest BCUT2D eigenvalue weighted by atomic mass is 10.1. The SMILES string of the molecule is [CH+]=NC(CCC(=O)OCCCCCCCCCCCC)C(=O)OCCCCCCCCCCCC. The third-order valence-electron chi connectivity index (χ3n) is 6.58. The van der Waals surface area contributed by atoms with Gasteiger partial charge in [0.25, 0.3) is 0 Å². The monoisotopic (exact) mass is 494 g/mol. The molecule has 0 radical (unpaired) electrons. The van der Waals surface area contributed by atoms with Gasteiger partial charge in [-0.05, 0) is 24.3 Å². The number of rotatable bonds is 27. The molecule has 1 unspecified atom stereocenters. The maximum absolute atomic E-state index is 12.2. The molecule has 0 bridgehead atoms. The van der Waals surface area contributed by atoms with Crippen LogP contribution in [0, 0.1) is 0 Å². The Morgan fingerprint density at radius 3 is 1.37 bits per heavy atom. The van der Waals surface area contributed by atoms with E-state index < -0.39 is 12.0 Å². The minimum atomic E-state index is -0.789. The molecule has 0 aromatic heterocycles. The van der Waals surface area contributed by atoms with Crippen LogP contribution in [0.2, 0.25) is 0 Å². The van der Waals surface area contributed by atoms with Crippen molar-refractivity contribution in [3.05, 3.63) is 0 Å². The number of carbonyl (C=O) groups excluding carboxylic acids is 2. The molecule has 0 aromatic rings. The first-order chi connectivity index (χ1) is 17.2. The van der Waals surface area contributed by atoms with E-state index in [0.717, 1.165) is 25.7 Å². The molecule has 0 saturated heterocycles. The van der Waals surface area contributed by atoms with E-state index in [9.17, 15) is 9.59 Å². The maximum Gasteiger partial charge on any atom is 0.342 e. The van der Waals surface area contributed by atoms with E-state index in [1.54, 1.807) is 0 Å². The number of carbonyl (C=O) groups is 2. The van der Waals surface area contributed by atoms with Gasteiger partial charge >= 0.3 is 18.7 Å². The van der Waals surface area contributed by atoms with Crippen molar-refractivity contribution in [1.29, 1.82) is 0 Å². The minimum absolute atomic E-state index is 0.135. The van der Waals surface area contributed by atoms with Crippen LogP contribution in [0.5, 0.6) is 0 Å². The molecule has 35 heavy (non-hydrogen) atoms. The first-order valence-electron chi connectivity index (χ1n) is 14.9. The average Bonchev–Trinajstić information content (AvgIpc) is 2.86. The Bertz CT molecular complexity index is 495. The van der Waals surface area contributed by atoms with Crippen molar-refractivity contribution < 1.29 is 19.1 Å². The fourth-order valence-electron chi connectivity index (χ4n) is 4.21. The lowest BCUT2D eigenvalue weighted by Gasteiger charge is -2.09. The van der Waals surface area contributed by atoms with Crippen molar-refractivity contribution in [3.8, 4) is 0 Å². The molecule has 0 aromatic carbocycles. The molecule has 0 aliphatic heterocycles. The van der Waals surface area contributed by atoms with Crippen molar-refractivity contribution in [2.24, 2.45) is 4.99 Å². The summed E-state index contributed by atoms with van der Waals surface area (Å²) < 4.78 is 10.6. The van der Waals surface area contributed by atoms with E-state index in [1.807, 2.05) is 0 Å². The summed E-state index contributed by atoms with van der Waals surface area (Å²) in [5, 5.41) is 0. The van der Waals surface area contributed by atoms with Gasteiger partial charge in [-0.2, -0.15) is 0 Å². The maximum atomic E-state index is 12.2. The Balaban J connectivity index is 3.59. The van der Waals surface area contributed by atoms with Crippen molar-refractivity contribution in [1.82, 2.24) is 0 Å². The first-order valence-corrected chi connectivity index (χ1v) is 14.9. The van der Waals surface area contributed by atoms with Crippen LogP contribution in [-0.2, 0) is 19.1 Å². The van der Waals surface area contributed by atoms with Crippen LogP contribution in [0.4, 0.5) is 0 Å². The van der Waals surface area contributed by atoms with Crippen LogP contribution in [0.15, 0.2) is 4.99 Å². The number of nitrogens with zero attached hydrogens (tertiary/aromatic N) is 1. The van der Waals surface area contributed by atoms with Gasteiger partial charge in [0.1, 0.15) is 0 Å². The molecular formula is C30H56NO4+. The zero-order valence-corrected chi connectivity index (χ0v) is 23.2. The highest BCUT2D eigenvalue weighted by molar-refractivity contribution is 5.78. The smallest absolute Gasteiger partial charge is 0.342 e. The summed E-state index contributed by atoms with van der Waals surface area (Å²) in [4.78, 5) is 27.7. The number of hydrogen-bond acceptors (Lipinski definition) is 5. The standard InChI is InChI=1S/C30H56NO4/c1-4-6-8-10-12-14-16-18-20-22-26-34-29(32)25-24-28(31-3)30(33)35-27-23-21-19-17-15-13-11-9-7-5-2/h3,28H,4-27H2,1-2H3/q+1. The first kappa shape index (κ1) is 33.5. The van der Waals surface area contributed by atoms with Crippen LogP contribution < -0.4 is 0 Å². The van der Waals surface area contributed by atoms with Crippen LogP contribution >= 0.6 is 0 Å². The largest absolute Gasteiger partial charge is 0.466 e. The third kappa shape index (κ3) is 24.0. The second-order valence-electron chi connectivity index (χ2n) is 9.96. The summed E-state index contributed by atoms with van der Waals surface area (Å²) in [6, 6.07) is -0.789. The molecule has 5 nitrogen and oxygen atoms in total. The molecule has 0 heterocycles. The molecule has 0 spiro atoms. The van der Waals surface area contributed by atoms with Crippen molar-refractivity contribution >= 4 is 18.7 Å². The van der Waals surface area contributed by atoms with Gasteiger partial charge in [0, 0.05) is 6.42 Å². The second-order valence-corrected chi connectivity index (χ2v) is 9.96. The molecule has 0 saturated carbocycles. The molecule has 0 aliphatic rings. The normalized spacial score (nSPS) is 11.8. The van der Waals surface area contributed by atoms with E-state index >= 15 is 0 Å². The van der Waals surface area contributed by atoms with E-state index in [0.29, 0.717) is 13.2 Å². The Labute approximate surface area is 217 Å². The van der Waals surface area contributed by atoms with Gasteiger partial charge in [-0.3, -0.25) is 4.79 Å². The van der Waals surface area contributed by atoms with Crippen LogP contribution in [0.1, 0.15) is 155 Å². The van der Waals surface area contributed by atoms with Gasteiger partial charge in [0.05, 0.1) is 13.2 Å². The number of ether oxygens (including phenoxy) is 2. The van der Waals surface area contributed by atoms with Crippen molar-refractivity contribution in [3.63, 3.8) is 0 Å². The molecule has 0 aliphatic carbocycles. The van der Waals surface area contributed by atoms with Gasteiger partial charge < -0.3 is 9.47 Å². The minimum Gasteiger partial charge on any atom is -0.466 e.